The number of aliphatic hydroxyl groups is 1. The molecule has 3 atom stereocenters. The fourth-order valence-electron chi connectivity index (χ4n) is 3.67. The number of nitrogens with zero attached hydrogens (tertiary/aromatic N) is 1. The van der Waals surface area contributed by atoms with E-state index in [-0.39, 0.29) is 18.2 Å². The first-order chi connectivity index (χ1) is 13.0. The molecule has 1 aromatic rings. The van der Waals surface area contributed by atoms with Crippen LogP contribution in [0.3, 0.4) is 0 Å². The lowest BCUT2D eigenvalue weighted by molar-refractivity contribution is -0.142. The highest BCUT2D eigenvalue weighted by molar-refractivity contribution is 6.15. The molecule has 1 aliphatic carbocycles. The van der Waals surface area contributed by atoms with E-state index in [9.17, 15) is 14.7 Å². The Hall–Kier alpha value is -2.60. The summed E-state index contributed by atoms with van der Waals surface area (Å²) in [5, 5.41) is 10.0. The molecule has 0 spiro atoms. The highest BCUT2D eigenvalue weighted by Gasteiger charge is 2.46. The third-order valence-electron chi connectivity index (χ3n) is 4.91. The molecule has 0 bridgehead atoms. The number of allylic oxidation sites excluding steroid dienone is 3. The Morgan fingerprint density at radius 1 is 1.30 bits per heavy atom. The number of hydrogen-bond donors (Lipinski definition) is 1. The lowest BCUT2D eigenvalue weighted by atomic mass is 9.94. The standard InChI is InChI=1S/C21H25NO5/c1-4-27-19-12-14(9-10-18(19)26-3)17(11-13(2)23)22-20(24)15-7-5-6-8-16(15)21(22)25/h5-7,9-10,12-13,16-17,23H,4,8,11H2,1-3H3/t13?,16?,17-/m1/s1. The van der Waals surface area contributed by atoms with Gasteiger partial charge in [-0.1, -0.05) is 24.3 Å². The van der Waals surface area contributed by atoms with Crippen LogP contribution in [0.15, 0.2) is 42.0 Å². The van der Waals surface area contributed by atoms with E-state index in [1.165, 1.54) is 4.90 Å². The summed E-state index contributed by atoms with van der Waals surface area (Å²) in [6.45, 7) is 3.99. The highest BCUT2D eigenvalue weighted by Crippen LogP contribution is 2.40. The Morgan fingerprint density at radius 3 is 2.70 bits per heavy atom. The van der Waals surface area contributed by atoms with Crippen LogP contribution in [0, 0.1) is 5.92 Å². The predicted octanol–water partition coefficient (Wildman–Crippen LogP) is 2.78. The molecule has 1 aliphatic heterocycles. The summed E-state index contributed by atoms with van der Waals surface area (Å²) in [6, 6.07) is 4.78. The number of imide groups is 1. The van der Waals surface area contributed by atoms with Gasteiger partial charge in [0.15, 0.2) is 11.5 Å². The molecule has 1 aromatic carbocycles. The predicted molar refractivity (Wildman–Crippen MR) is 100 cm³/mol. The van der Waals surface area contributed by atoms with Crippen molar-refractivity contribution in [1.29, 1.82) is 0 Å². The van der Waals surface area contributed by atoms with E-state index in [0.29, 0.717) is 30.1 Å². The number of carbonyl (C=O) groups is 2. The number of ether oxygens (including phenoxy) is 2. The lowest BCUT2D eigenvalue weighted by Crippen LogP contribution is -2.36. The van der Waals surface area contributed by atoms with Crippen LogP contribution in [0.1, 0.15) is 38.3 Å². The maximum absolute atomic E-state index is 13.0. The van der Waals surface area contributed by atoms with Crippen molar-refractivity contribution >= 4 is 11.8 Å². The van der Waals surface area contributed by atoms with Crippen molar-refractivity contribution < 1.29 is 24.2 Å². The van der Waals surface area contributed by atoms with Gasteiger partial charge in [-0.2, -0.15) is 0 Å². The number of aliphatic hydroxyl groups excluding tert-OH is 1. The van der Waals surface area contributed by atoms with E-state index in [2.05, 4.69) is 0 Å². The SMILES string of the molecule is CCOc1cc([C@@H](CC(C)O)N2C(=O)C3=CC=CCC3C2=O)ccc1OC. The molecule has 144 valence electrons. The molecular weight excluding hydrogens is 346 g/mol. The van der Waals surface area contributed by atoms with E-state index in [0.717, 1.165) is 5.56 Å². The first-order valence-electron chi connectivity index (χ1n) is 9.20. The van der Waals surface area contributed by atoms with Crippen LogP contribution in [0.5, 0.6) is 11.5 Å². The van der Waals surface area contributed by atoms with Gasteiger partial charge in [-0.15, -0.1) is 0 Å². The van der Waals surface area contributed by atoms with E-state index in [1.807, 2.05) is 25.1 Å². The van der Waals surface area contributed by atoms with E-state index >= 15 is 0 Å². The fraction of sp³-hybridized carbons (Fsp3) is 0.429. The summed E-state index contributed by atoms with van der Waals surface area (Å²) in [4.78, 5) is 27.2. The molecule has 0 radical (unpaired) electrons. The van der Waals surface area contributed by atoms with E-state index in [1.54, 1.807) is 32.2 Å². The van der Waals surface area contributed by atoms with Gasteiger partial charge in [0.1, 0.15) is 0 Å². The van der Waals surface area contributed by atoms with E-state index < -0.39 is 18.1 Å². The summed E-state index contributed by atoms with van der Waals surface area (Å²) < 4.78 is 11.0. The summed E-state index contributed by atoms with van der Waals surface area (Å²) in [5.41, 5.74) is 1.26. The number of hydrogen-bond acceptors (Lipinski definition) is 5. The molecule has 2 aliphatic rings. The van der Waals surface area contributed by atoms with Gasteiger partial charge < -0.3 is 14.6 Å². The number of fused-ring (bicyclic) bond motifs is 1. The Morgan fingerprint density at radius 2 is 2.07 bits per heavy atom. The number of likely N-dealkylation sites (tertiary alicyclic amines) is 1. The first kappa shape index (κ1) is 19.2. The minimum absolute atomic E-state index is 0.213. The average molecular weight is 371 g/mol. The van der Waals surface area contributed by atoms with Crippen molar-refractivity contribution in [3.8, 4) is 11.5 Å². The quantitative estimate of drug-likeness (QED) is 0.746. The maximum atomic E-state index is 13.0. The fourth-order valence-corrected chi connectivity index (χ4v) is 3.67. The van der Waals surface area contributed by atoms with Crippen LogP contribution in [0.2, 0.25) is 0 Å². The molecule has 3 rings (SSSR count). The van der Waals surface area contributed by atoms with Crippen LogP contribution in [0.25, 0.3) is 0 Å². The van der Waals surface area contributed by atoms with Gasteiger partial charge in [-0.05, 0) is 44.4 Å². The normalized spacial score (nSPS) is 21.0. The van der Waals surface area contributed by atoms with Gasteiger partial charge in [0.2, 0.25) is 5.91 Å². The van der Waals surface area contributed by atoms with Crippen LogP contribution in [0.4, 0.5) is 0 Å². The summed E-state index contributed by atoms with van der Waals surface area (Å²) in [5.74, 6) is 0.203. The van der Waals surface area contributed by atoms with Gasteiger partial charge in [0, 0.05) is 5.57 Å². The van der Waals surface area contributed by atoms with Gasteiger partial charge in [0.25, 0.3) is 5.91 Å². The molecule has 1 heterocycles. The minimum atomic E-state index is -0.678. The number of rotatable bonds is 7. The van der Waals surface area contributed by atoms with Crippen molar-refractivity contribution in [3.63, 3.8) is 0 Å². The van der Waals surface area contributed by atoms with Gasteiger partial charge >= 0.3 is 0 Å². The van der Waals surface area contributed by atoms with Crippen LogP contribution < -0.4 is 9.47 Å². The van der Waals surface area contributed by atoms with Gasteiger partial charge in [0.05, 0.1) is 31.8 Å². The van der Waals surface area contributed by atoms with Crippen molar-refractivity contribution in [2.75, 3.05) is 13.7 Å². The zero-order valence-electron chi connectivity index (χ0n) is 15.8. The molecular formula is C21H25NO5. The summed E-state index contributed by atoms with van der Waals surface area (Å²) >= 11 is 0. The number of carbonyl (C=O) groups excluding carboxylic acids is 2. The van der Waals surface area contributed by atoms with Crippen molar-refractivity contribution in [3.05, 3.63) is 47.6 Å². The van der Waals surface area contributed by atoms with Crippen LogP contribution in [-0.4, -0.2) is 41.6 Å². The van der Waals surface area contributed by atoms with Crippen molar-refractivity contribution in [1.82, 2.24) is 4.90 Å². The Kier molecular flexibility index (Phi) is 5.65. The topological polar surface area (TPSA) is 76.1 Å². The Labute approximate surface area is 159 Å². The maximum Gasteiger partial charge on any atom is 0.257 e. The number of methoxy groups -OCH3 is 1. The van der Waals surface area contributed by atoms with Gasteiger partial charge in [-0.25, -0.2) is 0 Å². The van der Waals surface area contributed by atoms with E-state index in [4.69, 9.17) is 9.47 Å². The second kappa shape index (κ2) is 7.96. The number of benzene rings is 1. The molecule has 27 heavy (non-hydrogen) atoms. The van der Waals surface area contributed by atoms with Crippen molar-refractivity contribution in [2.45, 2.75) is 38.8 Å². The number of amides is 2. The molecule has 6 heteroatoms. The summed E-state index contributed by atoms with van der Waals surface area (Å²) in [7, 11) is 1.56. The lowest BCUT2D eigenvalue weighted by Gasteiger charge is -2.28. The second-order valence-corrected chi connectivity index (χ2v) is 6.80. The third kappa shape index (κ3) is 3.62. The molecule has 1 N–H and O–H groups in total. The van der Waals surface area contributed by atoms with Crippen molar-refractivity contribution in [2.24, 2.45) is 5.92 Å². The third-order valence-corrected chi connectivity index (χ3v) is 4.91. The minimum Gasteiger partial charge on any atom is -0.493 e. The van der Waals surface area contributed by atoms with Crippen LogP contribution >= 0.6 is 0 Å². The Bertz CT molecular complexity index is 796. The average Bonchev–Trinajstić information content (AvgIpc) is 2.91. The van der Waals surface area contributed by atoms with Crippen LogP contribution in [-0.2, 0) is 9.59 Å². The smallest absolute Gasteiger partial charge is 0.257 e. The molecule has 0 aromatic heterocycles. The zero-order valence-corrected chi connectivity index (χ0v) is 15.8. The highest BCUT2D eigenvalue weighted by atomic mass is 16.5. The molecule has 2 unspecified atom stereocenters. The molecule has 2 amide bonds. The monoisotopic (exact) mass is 371 g/mol. The summed E-state index contributed by atoms with van der Waals surface area (Å²) in [6.07, 6.45) is 5.53. The molecule has 1 fully saturated rings. The largest absolute Gasteiger partial charge is 0.493 e. The molecule has 6 nitrogen and oxygen atoms in total. The molecule has 0 saturated carbocycles. The zero-order chi connectivity index (χ0) is 19.6. The Balaban J connectivity index is 2.01. The molecule has 1 saturated heterocycles. The first-order valence-corrected chi connectivity index (χ1v) is 9.20. The second-order valence-electron chi connectivity index (χ2n) is 6.80. The van der Waals surface area contributed by atoms with Gasteiger partial charge in [-0.3, -0.25) is 14.5 Å².